The normalized spacial score (nSPS) is 18.5. The molecule has 4 rings (SSSR count). The third-order valence-electron chi connectivity index (χ3n) is 4.01. The second-order valence-corrected chi connectivity index (χ2v) is 6.76. The molecule has 1 N–H and O–H groups in total. The minimum absolute atomic E-state index is 0.0997. The molecule has 0 saturated heterocycles. The molecule has 21 heavy (non-hydrogen) atoms. The Bertz CT molecular complexity index is 897. The third kappa shape index (κ3) is 1.98. The van der Waals surface area contributed by atoms with Crippen LogP contribution < -0.4 is 5.56 Å². The summed E-state index contributed by atoms with van der Waals surface area (Å²) in [4.78, 5) is 24.4. The zero-order valence-electron chi connectivity index (χ0n) is 11.8. The number of pyridine rings is 1. The molecule has 1 atom stereocenters. The van der Waals surface area contributed by atoms with E-state index in [2.05, 4.69) is 29.9 Å². The van der Waals surface area contributed by atoms with E-state index in [1.807, 2.05) is 0 Å². The lowest BCUT2D eigenvalue weighted by Crippen LogP contribution is -2.27. The second-order valence-electron chi connectivity index (χ2n) is 5.76. The zero-order valence-corrected chi connectivity index (χ0v) is 12.7. The van der Waals surface area contributed by atoms with Gasteiger partial charge in [0.05, 0.1) is 30.2 Å². The maximum absolute atomic E-state index is 11.9. The zero-order chi connectivity index (χ0) is 14.6. The average Bonchev–Trinajstić information content (AvgIpc) is 2.83. The summed E-state index contributed by atoms with van der Waals surface area (Å²) in [5, 5.41) is 0.950. The first-order valence-electron chi connectivity index (χ1n) is 7.04. The minimum atomic E-state index is -0.0997. The summed E-state index contributed by atoms with van der Waals surface area (Å²) in [5.74, 6) is 0.475. The van der Waals surface area contributed by atoms with E-state index in [1.54, 1.807) is 0 Å². The van der Waals surface area contributed by atoms with Gasteiger partial charge < -0.3 is 9.72 Å². The highest BCUT2D eigenvalue weighted by atomic mass is 32.1. The summed E-state index contributed by atoms with van der Waals surface area (Å²) in [6.07, 6.45) is 2.50. The highest BCUT2D eigenvalue weighted by Crippen LogP contribution is 2.33. The van der Waals surface area contributed by atoms with Gasteiger partial charge in [-0.15, -0.1) is 11.3 Å². The standard InChI is InChI=1S/C15H15N3O2S/c1-7(2)11-4-10-8(5-20-11)3-9-12-13(21-15(9)18-10)14(19)17-6-16-12/h3,6-7,11H,4-5H2,1-2H3,(H,16,17,19)/t11-/m0/s1. The molecule has 108 valence electrons. The van der Waals surface area contributed by atoms with Crippen molar-refractivity contribution >= 4 is 31.8 Å². The molecule has 1 aliphatic rings. The Balaban J connectivity index is 1.94. The summed E-state index contributed by atoms with van der Waals surface area (Å²) in [7, 11) is 0. The maximum Gasteiger partial charge on any atom is 0.268 e. The highest BCUT2D eigenvalue weighted by Gasteiger charge is 2.24. The van der Waals surface area contributed by atoms with Gasteiger partial charge in [-0.05, 0) is 12.0 Å². The van der Waals surface area contributed by atoms with Crippen molar-refractivity contribution in [2.24, 2.45) is 5.92 Å². The van der Waals surface area contributed by atoms with Gasteiger partial charge in [0.2, 0.25) is 0 Å². The molecule has 3 aromatic rings. The molecule has 3 aromatic heterocycles. The number of hydrogen-bond acceptors (Lipinski definition) is 5. The van der Waals surface area contributed by atoms with E-state index in [0.29, 0.717) is 17.2 Å². The fourth-order valence-corrected chi connectivity index (χ4v) is 3.79. The van der Waals surface area contributed by atoms with Crippen LogP contribution in [0.3, 0.4) is 0 Å². The number of hydrogen-bond donors (Lipinski definition) is 1. The Labute approximate surface area is 125 Å². The Hall–Kier alpha value is -1.79. The van der Waals surface area contributed by atoms with Gasteiger partial charge in [0.15, 0.2) is 0 Å². The molecule has 0 fully saturated rings. The van der Waals surface area contributed by atoms with E-state index >= 15 is 0 Å². The van der Waals surface area contributed by atoms with E-state index in [1.165, 1.54) is 17.7 Å². The van der Waals surface area contributed by atoms with Crippen molar-refractivity contribution in [2.45, 2.75) is 33.0 Å². The van der Waals surface area contributed by atoms with Crippen molar-refractivity contribution < 1.29 is 4.74 Å². The molecule has 0 spiro atoms. The number of aromatic nitrogens is 3. The first-order chi connectivity index (χ1) is 10.1. The molecule has 0 amide bonds. The van der Waals surface area contributed by atoms with Gasteiger partial charge in [-0.25, -0.2) is 9.97 Å². The predicted molar refractivity (Wildman–Crippen MR) is 82.7 cm³/mol. The van der Waals surface area contributed by atoms with Gasteiger partial charge in [-0.2, -0.15) is 0 Å². The van der Waals surface area contributed by atoms with Crippen LogP contribution in [0.15, 0.2) is 17.2 Å². The number of fused-ring (bicyclic) bond motifs is 4. The number of nitrogens with zero attached hydrogens (tertiary/aromatic N) is 2. The van der Waals surface area contributed by atoms with Crippen molar-refractivity contribution in [2.75, 3.05) is 0 Å². The SMILES string of the molecule is CC(C)[C@@H]1Cc2nc3sc4c(=O)[nH]cnc4c3cc2CO1. The van der Waals surface area contributed by atoms with Gasteiger partial charge in [0, 0.05) is 17.4 Å². The van der Waals surface area contributed by atoms with E-state index in [-0.39, 0.29) is 11.7 Å². The van der Waals surface area contributed by atoms with Gasteiger partial charge in [-0.1, -0.05) is 13.8 Å². The molecular formula is C15H15N3O2S. The fourth-order valence-electron chi connectivity index (χ4n) is 2.77. The third-order valence-corrected chi connectivity index (χ3v) is 5.10. The lowest BCUT2D eigenvalue weighted by atomic mass is 9.97. The van der Waals surface area contributed by atoms with E-state index in [4.69, 9.17) is 9.72 Å². The van der Waals surface area contributed by atoms with Crippen LogP contribution in [0.4, 0.5) is 0 Å². The highest BCUT2D eigenvalue weighted by molar-refractivity contribution is 7.25. The molecule has 6 heteroatoms. The van der Waals surface area contributed by atoms with Crippen LogP contribution in [0.25, 0.3) is 20.4 Å². The quantitative estimate of drug-likeness (QED) is 0.750. The number of nitrogens with one attached hydrogen (secondary N) is 1. The lowest BCUT2D eigenvalue weighted by Gasteiger charge is -2.27. The topological polar surface area (TPSA) is 67.9 Å². The molecule has 5 nitrogen and oxygen atoms in total. The predicted octanol–water partition coefficient (Wildman–Crippen LogP) is 2.63. The van der Waals surface area contributed by atoms with E-state index in [0.717, 1.165) is 33.4 Å². The number of H-pyrrole nitrogens is 1. The molecule has 1 aliphatic heterocycles. The van der Waals surface area contributed by atoms with E-state index in [9.17, 15) is 4.79 Å². The molecular weight excluding hydrogens is 286 g/mol. The van der Waals surface area contributed by atoms with Crippen LogP contribution in [0.1, 0.15) is 25.1 Å². The van der Waals surface area contributed by atoms with Crippen molar-refractivity contribution in [1.29, 1.82) is 0 Å². The fraction of sp³-hybridized carbons (Fsp3) is 0.400. The average molecular weight is 301 g/mol. The Morgan fingerprint density at radius 3 is 3.14 bits per heavy atom. The van der Waals surface area contributed by atoms with Crippen molar-refractivity contribution in [1.82, 2.24) is 15.0 Å². The van der Waals surface area contributed by atoms with Crippen molar-refractivity contribution in [3.8, 4) is 0 Å². The number of aromatic amines is 1. The molecule has 0 unspecified atom stereocenters. The molecule has 0 aromatic carbocycles. The van der Waals surface area contributed by atoms with Gasteiger partial charge in [0.25, 0.3) is 5.56 Å². The number of ether oxygens (including phenoxy) is 1. The summed E-state index contributed by atoms with van der Waals surface area (Å²) in [6.45, 7) is 4.91. The van der Waals surface area contributed by atoms with Crippen LogP contribution in [-0.2, 0) is 17.8 Å². The van der Waals surface area contributed by atoms with Crippen molar-refractivity contribution in [3.63, 3.8) is 0 Å². The van der Waals surface area contributed by atoms with Crippen LogP contribution in [0, 0.1) is 5.92 Å². The monoisotopic (exact) mass is 301 g/mol. The van der Waals surface area contributed by atoms with Crippen LogP contribution >= 0.6 is 11.3 Å². The maximum atomic E-state index is 11.9. The Morgan fingerprint density at radius 1 is 1.48 bits per heavy atom. The second kappa shape index (κ2) is 4.61. The largest absolute Gasteiger partial charge is 0.373 e. The molecule has 0 aliphatic carbocycles. The summed E-state index contributed by atoms with van der Waals surface area (Å²) in [6, 6.07) is 2.08. The van der Waals surface area contributed by atoms with Crippen LogP contribution in [0.2, 0.25) is 0 Å². The van der Waals surface area contributed by atoms with Gasteiger partial charge in [-0.3, -0.25) is 4.79 Å². The molecule has 4 heterocycles. The molecule has 0 saturated carbocycles. The summed E-state index contributed by atoms with van der Waals surface area (Å²) < 4.78 is 6.54. The summed E-state index contributed by atoms with van der Waals surface area (Å²) in [5.41, 5.74) is 2.84. The van der Waals surface area contributed by atoms with Crippen molar-refractivity contribution in [3.05, 3.63) is 34.0 Å². The van der Waals surface area contributed by atoms with Gasteiger partial charge >= 0.3 is 0 Å². The van der Waals surface area contributed by atoms with Crippen LogP contribution in [0.5, 0.6) is 0 Å². The molecule has 0 bridgehead atoms. The first-order valence-corrected chi connectivity index (χ1v) is 7.85. The lowest BCUT2D eigenvalue weighted by molar-refractivity contribution is -0.00134. The molecule has 0 radical (unpaired) electrons. The smallest absolute Gasteiger partial charge is 0.268 e. The van der Waals surface area contributed by atoms with Gasteiger partial charge in [0.1, 0.15) is 9.53 Å². The summed E-state index contributed by atoms with van der Waals surface area (Å²) >= 11 is 1.41. The Morgan fingerprint density at radius 2 is 2.33 bits per heavy atom. The number of thiophene rings is 1. The first kappa shape index (κ1) is 12.9. The Kier molecular flexibility index (Phi) is 2.83. The number of rotatable bonds is 1. The van der Waals surface area contributed by atoms with Crippen LogP contribution in [-0.4, -0.2) is 21.1 Å². The van der Waals surface area contributed by atoms with E-state index < -0.39 is 0 Å². The minimum Gasteiger partial charge on any atom is -0.373 e.